The van der Waals surface area contributed by atoms with Gasteiger partial charge in [0.2, 0.25) is 0 Å². The molecule has 174 valence electrons. The highest BCUT2D eigenvalue weighted by atomic mass is 19.1. The first-order valence-electron chi connectivity index (χ1n) is 11.7. The molecule has 0 saturated heterocycles. The molecule has 5 rings (SSSR count). The highest BCUT2D eigenvalue weighted by molar-refractivity contribution is 6.09. The Hall–Kier alpha value is -3.00. The second kappa shape index (κ2) is 8.74. The summed E-state index contributed by atoms with van der Waals surface area (Å²) in [6, 6.07) is 3.19. The number of H-pyrrole nitrogens is 1. The molecule has 7 nitrogen and oxygen atoms in total. The van der Waals surface area contributed by atoms with Gasteiger partial charge in [0.1, 0.15) is 29.1 Å². The van der Waals surface area contributed by atoms with Crippen molar-refractivity contribution in [3.05, 3.63) is 41.1 Å². The number of aliphatic hydroxyl groups is 1. The summed E-state index contributed by atoms with van der Waals surface area (Å²) in [5.74, 6) is 0.260. The number of aryl methyl sites for hydroxylation is 2. The van der Waals surface area contributed by atoms with Crippen molar-refractivity contribution in [1.29, 1.82) is 0 Å². The number of aromatic amines is 1. The van der Waals surface area contributed by atoms with Crippen molar-refractivity contribution in [2.45, 2.75) is 64.5 Å². The number of halogens is 1. The molecule has 2 saturated carbocycles. The molecule has 2 atom stereocenters. The Kier molecular flexibility index (Phi) is 5.78. The van der Waals surface area contributed by atoms with Gasteiger partial charge in [-0.3, -0.25) is 4.79 Å². The molecule has 2 heterocycles. The predicted octanol–water partition coefficient (Wildman–Crippen LogP) is 4.20. The first-order chi connectivity index (χ1) is 15.9. The van der Waals surface area contributed by atoms with Crippen molar-refractivity contribution in [2.75, 3.05) is 6.61 Å². The molecule has 3 aromatic rings. The van der Waals surface area contributed by atoms with E-state index in [1.54, 1.807) is 26.0 Å². The van der Waals surface area contributed by atoms with Crippen LogP contribution in [-0.4, -0.2) is 44.7 Å². The highest BCUT2D eigenvalue weighted by Crippen LogP contribution is 2.39. The zero-order chi connectivity index (χ0) is 23.1. The fraction of sp³-hybridized carbons (Fsp3) is 0.480. The van der Waals surface area contributed by atoms with E-state index in [2.05, 4.69) is 20.3 Å². The molecule has 0 bridgehead atoms. The molecule has 8 heteroatoms. The van der Waals surface area contributed by atoms with Crippen LogP contribution in [0, 0.1) is 25.6 Å². The maximum atomic E-state index is 15.4. The smallest absolute Gasteiger partial charge is 0.255 e. The Morgan fingerprint density at radius 1 is 1.21 bits per heavy atom. The van der Waals surface area contributed by atoms with E-state index in [4.69, 9.17) is 4.74 Å². The van der Waals surface area contributed by atoms with Gasteiger partial charge in [-0.1, -0.05) is 18.9 Å². The highest BCUT2D eigenvalue weighted by Gasteiger charge is 2.29. The number of aliphatic hydroxyl groups excluding tert-OH is 1. The second-order valence-corrected chi connectivity index (χ2v) is 9.33. The van der Waals surface area contributed by atoms with E-state index in [-0.39, 0.29) is 17.5 Å². The van der Waals surface area contributed by atoms with Crippen molar-refractivity contribution in [1.82, 2.24) is 20.3 Å². The van der Waals surface area contributed by atoms with Crippen molar-refractivity contribution in [2.24, 2.45) is 5.92 Å². The molecule has 2 aromatic heterocycles. The maximum Gasteiger partial charge on any atom is 0.255 e. The number of benzene rings is 1. The molecule has 2 aliphatic carbocycles. The largest absolute Gasteiger partial charge is 0.492 e. The summed E-state index contributed by atoms with van der Waals surface area (Å²) in [5.41, 5.74) is 3.05. The van der Waals surface area contributed by atoms with Gasteiger partial charge in [-0.05, 0) is 57.1 Å². The van der Waals surface area contributed by atoms with Crippen LogP contribution >= 0.6 is 0 Å². The summed E-state index contributed by atoms with van der Waals surface area (Å²) in [4.78, 5) is 25.1. The molecule has 1 aromatic carbocycles. The maximum absolute atomic E-state index is 15.4. The van der Waals surface area contributed by atoms with E-state index < -0.39 is 11.9 Å². The van der Waals surface area contributed by atoms with Gasteiger partial charge in [0.05, 0.1) is 35.4 Å². The van der Waals surface area contributed by atoms with Crippen LogP contribution in [-0.2, 0) is 0 Å². The molecule has 3 N–H and O–H groups in total. The molecule has 0 aliphatic heterocycles. The third-order valence-corrected chi connectivity index (χ3v) is 6.75. The molecule has 0 radical (unpaired) electrons. The minimum Gasteiger partial charge on any atom is -0.492 e. The van der Waals surface area contributed by atoms with Crippen molar-refractivity contribution in [3.8, 4) is 17.0 Å². The Morgan fingerprint density at radius 2 is 2.00 bits per heavy atom. The zero-order valence-electron chi connectivity index (χ0n) is 18.9. The molecule has 2 aliphatic rings. The molecular formula is C25H29FN4O3. The van der Waals surface area contributed by atoms with Gasteiger partial charge in [-0.15, -0.1) is 0 Å². The van der Waals surface area contributed by atoms with Crippen LogP contribution in [0.3, 0.4) is 0 Å². The Morgan fingerprint density at radius 3 is 2.76 bits per heavy atom. The summed E-state index contributed by atoms with van der Waals surface area (Å²) in [6.07, 6.45) is 6.41. The van der Waals surface area contributed by atoms with E-state index in [1.807, 2.05) is 0 Å². The standard InChI is InChI=1S/C25H29FN4O3/c1-13-7-10-18(33-11-15-8-9-15)20(21(13)26)23-24-22(27-12-28-23)19(14(2)29-24)25(32)30-16-5-3-4-6-17(16)31/h7,10,12,15-17,29,31H,3-6,8-9,11H2,1-2H3,(H,30,32)/t16-,17+/m0/s1. The Labute approximate surface area is 191 Å². The number of nitrogens with one attached hydrogen (secondary N) is 2. The van der Waals surface area contributed by atoms with Crippen LogP contribution in [0.15, 0.2) is 18.5 Å². The Balaban J connectivity index is 1.55. The van der Waals surface area contributed by atoms with Gasteiger partial charge in [0, 0.05) is 5.69 Å². The quantitative estimate of drug-likeness (QED) is 0.520. The number of hydrogen-bond donors (Lipinski definition) is 3. The number of hydrogen-bond acceptors (Lipinski definition) is 5. The van der Waals surface area contributed by atoms with Crippen molar-refractivity contribution < 1.29 is 19.0 Å². The van der Waals surface area contributed by atoms with Gasteiger partial charge in [-0.25, -0.2) is 14.4 Å². The van der Waals surface area contributed by atoms with Gasteiger partial charge in [0.25, 0.3) is 5.91 Å². The zero-order valence-corrected chi connectivity index (χ0v) is 18.9. The van der Waals surface area contributed by atoms with E-state index in [9.17, 15) is 9.90 Å². The number of carbonyl (C=O) groups is 1. The summed E-state index contributed by atoms with van der Waals surface area (Å²) >= 11 is 0. The minimum absolute atomic E-state index is 0.277. The fourth-order valence-electron chi connectivity index (χ4n) is 4.60. The van der Waals surface area contributed by atoms with Crippen LogP contribution in [0.1, 0.15) is 60.1 Å². The lowest BCUT2D eigenvalue weighted by atomic mass is 9.92. The monoisotopic (exact) mass is 452 g/mol. The van der Waals surface area contributed by atoms with Gasteiger partial charge in [-0.2, -0.15) is 0 Å². The number of rotatable bonds is 6. The second-order valence-electron chi connectivity index (χ2n) is 9.33. The summed E-state index contributed by atoms with van der Waals surface area (Å²) in [5, 5.41) is 13.2. The van der Waals surface area contributed by atoms with E-state index >= 15 is 4.39 Å². The molecule has 0 unspecified atom stereocenters. The molecule has 0 spiro atoms. The summed E-state index contributed by atoms with van der Waals surface area (Å²) in [7, 11) is 0. The van der Waals surface area contributed by atoms with Gasteiger partial charge in [0.15, 0.2) is 0 Å². The van der Waals surface area contributed by atoms with Crippen LogP contribution < -0.4 is 10.1 Å². The Bertz CT molecular complexity index is 1200. The lowest BCUT2D eigenvalue weighted by Gasteiger charge is -2.28. The van der Waals surface area contributed by atoms with E-state index in [0.29, 0.717) is 58.2 Å². The average molecular weight is 453 g/mol. The van der Waals surface area contributed by atoms with E-state index in [0.717, 1.165) is 32.1 Å². The third-order valence-electron chi connectivity index (χ3n) is 6.75. The van der Waals surface area contributed by atoms with Gasteiger partial charge >= 0.3 is 0 Å². The SMILES string of the molecule is Cc1ccc(OCC2CC2)c(-c2ncnc3c(C(=O)N[C@H]4CCCC[C@H]4O)c(C)[nH]c23)c1F. The molecule has 1 amide bonds. The fourth-order valence-corrected chi connectivity index (χ4v) is 4.60. The third kappa shape index (κ3) is 4.19. The van der Waals surface area contributed by atoms with Crippen molar-refractivity contribution >= 4 is 16.9 Å². The first-order valence-corrected chi connectivity index (χ1v) is 11.7. The minimum atomic E-state index is -0.550. The van der Waals surface area contributed by atoms with Gasteiger partial charge < -0.3 is 20.1 Å². The summed E-state index contributed by atoms with van der Waals surface area (Å²) < 4.78 is 21.3. The van der Waals surface area contributed by atoms with E-state index in [1.165, 1.54) is 6.33 Å². The number of ether oxygens (including phenoxy) is 1. The number of amides is 1. The lowest BCUT2D eigenvalue weighted by molar-refractivity contribution is 0.0718. The van der Waals surface area contributed by atoms with Crippen LogP contribution in [0.2, 0.25) is 0 Å². The van der Waals surface area contributed by atoms with Crippen LogP contribution in [0.5, 0.6) is 5.75 Å². The first kappa shape index (κ1) is 21.8. The number of nitrogens with zero attached hydrogens (tertiary/aromatic N) is 2. The number of fused-ring (bicyclic) bond motifs is 1. The van der Waals surface area contributed by atoms with Crippen LogP contribution in [0.25, 0.3) is 22.3 Å². The average Bonchev–Trinajstić information content (AvgIpc) is 3.56. The molecular weight excluding hydrogens is 423 g/mol. The predicted molar refractivity (Wildman–Crippen MR) is 123 cm³/mol. The summed E-state index contributed by atoms with van der Waals surface area (Å²) in [6.45, 7) is 4.04. The van der Waals surface area contributed by atoms with Crippen molar-refractivity contribution in [3.63, 3.8) is 0 Å². The lowest BCUT2D eigenvalue weighted by Crippen LogP contribution is -2.45. The molecule has 33 heavy (non-hydrogen) atoms. The number of carbonyl (C=O) groups excluding carboxylic acids is 1. The molecule has 2 fully saturated rings. The number of aromatic nitrogens is 3. The topological polar surface area (TPSA) is 100 Å². The van der Waals surface area contributed by atoms with Crippen LogP contribution in [0.4, 0.5) is 4.39 Å². The normalized spacial score (nSPS) is 20.7.